The number of nitrogens with zero attached hydrogens (tertiary/aromatic N) is 2. The smallest absolute Gasteiger partial charge is 0.408 e. The van der Waals surface area contributed by atoms with Crippen LogP contribution in [0.1, 0.15) is 11.8 Å². The van der Waals surface area contributed by atoms with Crippen molar-refractivity contribution >= 4 is 51.5 Å². The number of oxazole rings is 1. The molecule has 0 N–H and O–H groups in total. The zero-order chi connectivity index (χ0) is 17.3. The van der Waals surface area contributed by atoms with Crippen molar-refractivity contribution in [3.8, 4) is 0 Å². The van der Waals surface area contributed by atoms with Gasteiger partial charge in [0, 0.05) is 22.5 Å². The number of benzene rings is 1. The Morgan fingerprint density at radius 1 is 1.29 bits per heavy atom. The van der Waals surface area contributed by atoms with Gasteiger partial charge in [0.2, 0.25) is 5.91 Å². The fourth-order valence-corrected chi connectivity index (χ4v) is 3.69. The van der Waals surface area contributed by atoms with Crippen LogP contribution in [0, 0.1) is 0 Å². The van der Waals surface area contributed by atoms with Gasteiger partial charge in [-0.3, -0.25) is 9.36 Å². The maximum absolute atomic E-state index is 12.6. The van der Waals surface area contributed by atoms with Gasteiger partial charge in [0.25, 0.3) is 0 Å². The molecule has 0 radical (unpaired) electrons. The molecular weight excluding hydrogens is 371 g/mol. The maximum Gasteiger partial charge on any atom is 0.420 e. The van der Waals surface area contributed by atoms with Crippen molar-refractivity contribution in [1.82, 2.24) is 9.47 Å². The van der Waals surface area contributed by atoms with Crippen LogP contribution in [0.4, 0.5) is 0 Å². The van der Waals surface area contributed by atoms with Gasteiger partial charge in [0.1, 0.15) is 6.54 Å². The van der Waals surface area contributed by atoms with Crippen molar-refractivity contribution in [3.63, 3.8) is 0 Å². The van der Waals surface area contributed by atoms with Gasteiger partial charge in [-0.25, -0.2) is 4.79 Å². The summed E-state index contributed by atoms with van der Waals surface area (Å²) in [6, 6.07) is 8.59. The molecule has 1 amide bonds. The Bertz CT molecular complexity index is 944. The van der Waals surface area contributed by atoms with Crippen LogP contribution >= 0.6 is 34.5 Å². The third kappa shape index (κ3) is 3.50. The zero-order valence-electron chi connectivity index (χ0n) is 12.8. The average molecular weight is 385 g/mol. The number of aromatic nitrogens is 1. The highest BCUT2D eigenvalue weighted by molar-refractivity contribution is 7.16. The summed E-state index contributed by atoms with van der Waals surface area (Å²) in [6.45, 7) is 2.80. The highest BCUT2D eigenvalue weighted by atomic mass is 35.5. The van der Waals surface area contributed by atoms with Crippen LogP contribution in [0.5, 0.6) is 0 Å². The Kier molecular flexibility index (Phi) is 4.99. The molecule has 5 nitrogen and oxygen atoms in total. The molecule has 0 bridgehead atoms. The molecular formula is C16H14Cl2N2O3S. The van der Waals surface area contributed by atoms with E-state index in [4.69, 9.17) is 27.6 Å². The van der Waals surface area contributed by atoms with Gasteiger partial charge in [0.05, 0.1) is 16.4 Å². The van der Waals surface area contributed by atoms with E-state index < -0.39 is 5.76 Å². The number of amides is 1. The van der Waals surface area contributed by atoms with Gasteiger partial charge in [-0.05, 0) is 31.2 Å². The summed E-state index contributed by atoms with van der Waals surface area (Å²) in [5.41, 5.74) is 0.918. The van der Waals surface area contributed by atoms with E-state index in [1.165, 1.54) is 15.9 Å². The summed E-state index contributed by atoms with van der Waals surface area (Å²) in [4.78, 5) is 27.3. The van der Waals surface area contributed by atoms with Crippen molar-refractivity contribution in [2.75, 3.05) is 6.54 Å². The largest absolute Gasteiger partial charge is 0.420 e. The Hall–Kier alpha value is -1.76. The molecule has 0 saturated carbocycles. The summed E-state index contributed by atoms with van der Waals surface area (Å²) in [5, 5.41) is 0.472. The number of likely N-dealkylation sites (N-methyl/N-ethyl adjacent to an activating group) is 1. The molecule has 24 heavy (non-hydrogen) atoms. The molecule has 0 aliphatic carbocycles. The fraction of sp³-hybridized carbons (Fsp3) is 0.250. The van der Waals surface area contributed by atoms with Crippen LogP contribution in [0.15, 0.2) is 39.5 Å². The summed E-state index contributed by atoms with van der Waals surface area (Å²) in [6.07, 6.45) is 0. The summed E-state index contributed by atoms with van der Waals surface area (Å²) < 4.78 is 7.15. The third-order valence-corrected chi connectivity index (χ3v) is 5.08. The topological polar surface area (TPSA) is 55.5 Å². The Balaban J connectivity index is 1.83. The van der Waals surface area contributed by atoms with E-state index in [1.807, 2.05) is 13.0 Å². The maximum atomic E-state index is 12.6. The molecule has 3 aromatic rings. The highest BCUT2D eigenvalue weighted by Crippen LogP contribution is 2.23. The molecule has 0 saturated heterocycles. The number of hydrogen-bond acceptors (Lipinski definition) is 4. The predicted molar refractivity (Wildman–Crippen MR) is 95.9 cm³/mol. The molecule has 8 heteroatoms. The van der Waals surface area contributed by atoms with Crippen LogP contribution in [-0.4, -0.2) is 21.9 Å². The van der Waals surface area contributed by atoms with E-state index in [-0.39, 0.29) is 12.5 Å². The second-order valence-electron chi connectivity index (χ2n) is 5.18. The van der Waals surface area contributed by atoms with Crippen molar-refractivity contribution < 1.29 is 9.21 Å². The van der Waals surface area contributed by atoms with E-state index in [2.05, 4.69) is 0 Å². The minimum Gasteiger partial charge on any atom is -0.408 e. The lowest BCUT2D eigenvalue weighted by atomic mass is 10.3. The lowest BCUT2D eigenvalue weighted by molar-refractivity contribution is -0.132. The summed E-state index contributed by atoms with van der Waals surface area (Å²) in [5.74, 6) is -0.738. The SMILES string of the molecule is CCN(Cc1ccc(Cl)s1)C(=O)Cn1c(=O)oc2cc(Cl)ccc21. The molecule has 0 unspecified atom stereocenters. The molecule has 0 atom stereocenters. The van der Waals surface area contributed by atoms with E-state index in [1.54, 1.807) is 29.2 Å². The van der Waals surface area contributed by atoms with E-state index >= 15 is 0 Å². The molecule has 3 rings (SSSR count). The van der Waals surface area contributed by atoms with Crippen LogP contribution in [-0.2, 0) is 17.9 Å². The van der Waals surface area contributed by atoms with E-state index in [9.17, 15) is 9.59 Å². The fourth-order valence-electron chi connectivity index (χ4n) is 2.43. The van der Waals surface area contributed by atoms with Crippen LogP contribution < -0.4 is 5.76 Å². The first-order chi connectivity index (χ1) is 11.5. The third-order valence-electron chi connectivity index (χ3n) is 3.63. The average Bonchev–Trinajstić information content (AvgIpc) is 3.08. The lowest BCUT2D eigenvalue weighted by Crippen LogP contribution is -2.35. The number of carbonyl (C=O) groups excluding carboxylic acids is 1. The molecule has 1 aromatic carbocycles. The first-order valence-corrected chi connectivity index (χ1v) is 8.86. The van der Waals surface area contributed by atoms with Crippen LogP contribution in [0.25, 0.3) is 11.1 Å². The van der Waals surface area contributed by atoms with E-state index in [0.29, 0.717) is 33.5 Å². The summed E-state index contributed by atoms with van der Waals surface area (Å²) >= 11 is 13.3. The van der Waals surface area contributed by atoms with Crippen molar-refractivity contribution in [2.45, 2.75) is 20.0 Å². The Morgan fingerprint density at radius 3 is 2.75 bits per heavy atom. The molecule has 0 aliphatic rings. The van der Waals surface area contributed by atoms with Crippen molar-refractivity contribution in [3.05, 3.63) is 55.1 Å². The van der Waals surface area contributed by atoms with Gasteiger partial charge in [-0.2, -0.15) is 0 Å². The number of thiophene rings is 1. The standard InChI is InChI=1S/C16H14Cl2N2O3S/c1-2-19(8-11-4-6-14(18)24-11)15(21)9-20-12-5-3-10(17)7-13(12)23-16(20)22/h3-7H,2,8-9H2,1H3. The number of carbonyl (C=O) groups is 1. The minimum absolute atomic E-state index is 0.0829. The van der Waals surface area contributed by atoms with Crippen LogP contribution in [0.3, 0.4) is 0 Å². The normalized spacial score (nSPS) is 11.1. The first kappa shape index (κ1) is 17.1. The number of hydrogen-bond donors (Lipinski definition) is 0. The van der Waals surface area contributed by atoms with Gasteiger partial charge < -0.3 is 9.32 Å². The van der Waals surface area contributed by atoms with E-state index in [0.717, 1.165) is 4.88 Å². The number of halogens is 2. The monoisotopic (exact) mass is 384 g/mol. The Labute approximate surface area is 152 Å². The first-order valence-electron chi connectivity index (χ1n) is 7.29. The van der Waals surface area contributed by atoms with Crippen molar-refractivity contribution in [2.24, 2.45) is 0 Å². The predicted octanol–water partition coefficient (Wildman–Crippen LogP) is 4.01. The number of fused-ring (bicyclic) bond motifs is 1. The minimum atomic E-state index is -0.573. The lowest BCUT2D eigenvalue weighted by Gasteiger charge is -2.20. The second kappa shape index (κ2) is 7.01. The molecule has 126 valence electrons. The highest BCUT2D eigenvalue weighted by Gasteiger charge is 2.18. The molecule has 0 aliphatic heterocycles. The molecule has 0 fully saturated rings. The Morgan fingerprint density at radius 2 is 2.08 bits per heavy atom. The van der Waals surface area contributed by atoms with Gasteiger partial charge in [-0.15, -0.1) is 11.3 Å². The zero-order valence-corrected chi connectivity index (χ0v) is 15.1. The molecule has 2 aromatic heterocycles. The van der Waals surface area contributed by atoms with Gasteiger partial charge in [0.15, 0.2) is 5.58 Å². The summed E-state index contributed by atoms with van der Waals surface area (Å²) in [7, 11) is 0. The molecule has 2 heterocycles. The number of rotatable bonds is 5. The van der Waals surface area contributed by atoms with Gasteiger partial charge in [-0.1, -0.05) is 23.2 Å². The quantitative estimate of drug-likeness (QED) is 0.667. The van der Waals surface area contributed by atoms with Gasteiger partial charge >= 0.3 is 5.76 Å². The van der Waals surface area contributed by atoms with Crippen LogP contribution in [0.2, 0.25) is 9.36 Å². The van der Waals surface area contributed by atoms with Crippen molar-refractivity contribution in [1.29, 1.82) is 0 Å². The second-order valence-corrected chi connectivity index (χ2v) is 7.42. The molecule has 0 spiro atoms.